The highest BCUT2D eigenvalue weighted by Gasteiger charge is 2.21. The SMILES string of the molecule is CCCCO[SiH](OCCCC)C(C)CCN=C=O. The highest BCUT2D eigenvalue weighted by Crippen LogP contribution is 2.17. The standard InChI is InChI=1S/C13H27NO3Si/c1-4-6-10-16-18(17-11-7-5-2)13(3)8-9-14-12-15/h13,18H,4-11H2,1-3H3. The molecule has 0 saturated carbocycles. The molecule has 1 unspecified atom stereocenters. The van der Waals surface area contributed by atoms with Gasteiger partial charge in [0.25, 0.3) is 0 Å². The molecule has 5 heteroatoms. The van der Waals surface area contributed by atoms with Gasteiger partial charge in [0.05, 0.1) is 6.54 Å². The Bertz CT molecular complexity index is 222. The van der Waals surface area contributed by atoms with Crippen LogP contribution in [0.25, 0.3) is 0 Å². The van der Waals surface area contributed by atoms with E-state index in [1.54, 1.807) is 6.08 Å². The lowest BCUT2D eigenvalue weighted by atomic mass is 10.3. The molecule has 18 heavy (non-hydrogen) atoms. The molecule has 0 heterocycles. The number of hydrogen-bond donors (Lipinski definition) is 0. The minimum absolute atomic E-state index is 0.385. The van der Waals surface area contributed by atoms with Crippen molar-refractivity contribution in [3.05, 3.63) is 0 Å². The topological polar surface area (TPSA) is 47.9 Å². The first-order chi connectivity index (χ1) is 8.76. The third-order valence-corrected chi connectivity index (χ3v) is 5.18. The molecule has 0 bridgehead atoms. The molecule has 0 aliphatic heterocycles. The van der Waals surface area contributed by atoms with Crippen LogP contribution in [-0.2, 0) is 13.6 Å². The predicted octanol–water partition coefficient (Wildman–Crippen LogP) is 2.96. The first kappa shape index (κ1) is 17.5. The van der Waals surface area contributed by atoms with E-state index in [2.05, 4.69) is 25.8 Å². The lowest BCUT2D eigenvalue weighted by Crippen LogP contribution is -2.29. The zero-order valence-corrected chi connectivity index (χ0v) is 13.1. The fourth-order valence-corrected chi connectivity index (χ4v) is 3.49. The van der Waals surface area contributed by atoms with Crippen molar-refractivity contribution in [2.75, 3.05) is 19.8 Å². The molecule has 0 aromatic carbocycles. The molecular weight excluding hydrogens is 246 g/mol. The van der Waals surface area contributed by atoms with E-state index in [0.29, 0.717) is 12.1 Å². The van der Waals surface area contributed by atoms with Gasteiger partial charge in [0.15, 0.2) is 0 Å². The zero-order chi connectivity index (χ0) is 13.6. The van der Waals surface area contributed by atoms with Gasteiger partial charge < -0.3 is 8.85 Å². The van der Waals surface area contributed by atoms with E-state index in [0.717, 1.165) is 45.3 Å². The molecule has 1 atom stereocenters. The average Bonchev–Trinajstić information content (AvgIpc) is 2.37. The van der Waals surface area contributed by atoms with Crippen molar-refractivity contribution in [2.24, 2.45) is 4.99 Å². The van der Waals surface area contributed by atoms with Gasteiger partial charge in [-0.05, 0) is 24.8 Å². The predicted molar refractivity (Wildman–Crippen MR) is 75.9 cm³/mol. The minimum Gasteiger partial charge on any atom is -0.396 e. The number of unbranched alkanes of at least 4 members (excludes halogenated alkanes) is 2. The van der Waals surface area contributed by atoms with E-state index in [1.165, 1.54) is 0 Å². The van der Waals surface area contributed by atoms with Crippen LogP contribution in [-0.4, -0.2) is 35.1 Å². The average molecular weight is 273 g/mol. The molecule has 0 amide bonds. The molecule has 0 aliphatic carbocycles. The highest BCUT2D eigenvalue weighted by atomic mass is 28.3. The van der Waals surface area contributed by atoms with E-state index in [9.17, 15) is 4.79 Å². The van der Waals surface area contributed by atoms with Gasteiger partial charge in [-0.1, -0.05) is 33.6 Å². The maximum absolute atomic E-state index is 10.0. The molecular formula is C13H27NO3Si. The summed E-state index contributed by atoms with van der Waals surface area (Å²) in [7, 11) is -1.62. The molecule has 0 spiro atoms. The van der Waals surface area contributed by atoms with Gasteiger partial charge in [-0.3, -0.25) is 0 Å². The molecule has 0 radical (unpaired) electrons. The van der Waals surface area contributed by atoms with Crippen LogP contribution in [0.1, 0.15) is 52.9 Å². The van der Waals surface area contributed by atoms with Gasteiger partial charge >= 0.3 is 9.28 Å². The molecule has 106 valence electrons. The van der Waals surface area contributed by atoms with Crippen LogP contribution in [0.2, 0.25) is 5.54 Å². The summed E-state index contributed by atoms with van der Waals surface area (Å²) in [6.07, 6.45) is 6.87. The molecule has 0 N–H and O–H groups in total. The number of rotatable bonds is 12. The van der Waals surface area contributed by atoms with E-state index in [4.69, 9.17) is 8.85 Å². The first-order valence-electron chi connectivity index (χ1n) is 7.03. The van der Waals surface area contributed by atoms with Crippen LogP contribution in [0.3, 0.4) is 0 Å². The quantitative estimate of drug-likeness (QED) is 0.238. The zero-order valence-electron chi connectivity index (χ0n) is 12.0. The van der Waals surface area contributed by atoms with E-state index >= 15 is 0 Å². The molecule has 0 aliphatic rings. The molecule has 0 aromatic rings. The third kappa shape index (κ3) is 9.54. The summed E-state index contributed by atoms with van der Waals surface area (Å²) in [5.41, 5.74) is 0.385. The molecule has 0 aromatic heterocycles. The third-order valence-electron chi connectivity index (χ3n) is 2.79. The van der Waals surface area contributed by atoms with Crippen LogP contribution in [0, 0.1) is 0 Å². The van der Waals surface area contributed by atoms with Crippen LogP contribution in [0.15, 0.2) is 4.99 Å². The van der Waals surface area contributed by atoms with E-state index in [-0.39, 0.29) is 0 Å². The fraction of sp³-hybridized carbons (Fsp3) is 0.923. The van der Waals surface area contributed by atoms with Gasteiger partial charge in [0, 0.05) is 13.2 Å². The Balaban J connectivity index is 4.01. The molecule has 0 saturated heterocycles. The van der Waals surface area contributed by atoms with Gasteiger partial charge in [0.1, 0.15) is 0 Å². The summed E-state index contributed by atoms with van der Waals surface area (Å²) >= 11 is 0. The lowest BCUT2D eigenvalue weighted by molar-refractivity contribution is 0.183. The maximum Gasteiger partial charge on any atom is 0.324 e. The van der Waals surface area contributed by atoms with Gasteiger partial charge in [-0.25, -0.2) is 9.79 Å². The number of nitrogens with zero attached hydrogens (tertiary/aromatic N) is 1. The van der Waals surface area contributed by atoms with Crippen molar-refractivity contribution in [3.63, 3.8) is 0 Å². The van der Waals surface area contributed by atoms with Crippen LogP contribution < -0.4 is 0 Å². The number of hydrogen-bond acceptors (Lipinski definition) is 4. The Morgan fingerprint density at radius 3 is 2.17 bits per heavy atom. The second kappa shape index (κ2) is 13.0. The Morgan fingerprint density at radius 1 is 1.17 bits per heavy atom. The van der Waals surface area contributed by atoms with Crippen molar-refractivity contribution in [3.8, 4) is 0 Å². The number of isocyanates is 1. The molecule has 0 rings (SSSR count). The van der Waals surface area contributed by atoms with Gasteiger partial charge in [0.2, 0.25) is 6.08 Å². The smallest absolute Gasteiger partial charge is 0.324 e. The van der Waals surface area contributed by atoms with Crippen molar-refractivity contribution in [1.29, 1.82) is 0 Å². The number of carbonyl (C=O) groups excluding carboxylic acids is 1. The summed E-state index contributed by atoms with van der Waals surface area (Å²) in [6, 6.07) is 0. The number of aliphatic imine (C=N–C) groups is 1. The Morgan fingerprint density at radius 2 is 1.72 bits per heavy atom. The van der Waals surface area contributed by atoms with Gasteiger partial charge in [-0.2, -0.15) is 0 Å². The van der Waals surface area contributed by atoms with Crippen molar-refractivity contribution < 1.29 is 13.6 Å². The minimum atomic E-state index is -1.62. The molecule has 0 fully saturated rings. The summed E-state index contributed by atoms with van der Waals surface area (Å²) in [4.78, 5) is 13.6. The maximum atomic E-state index is 10.0. The first-order valence-corrected chi connectivity index (χ1v) is 8.64. The van der Waals surface area contributed by atoms with Crippen molar-refractivity contribution in [1.82, 2.24) is 0 Å². The Kier molecular flexibility index (Phi) is 12.6. The van der Waals surface area contributed by atoms with E-state index in [1.807, 2.05) is 0 Å². The second-order valence-electron chi connectivity index (χ2n) is 4.56. The van der Waals surface area contributed by atoms with E-state index < -0.39 is 9.28 Å². The largest absolute Gasteiger partial charge is 0.396 e. The molecule has 4 nitrogen and oxygen atoms in total. The Labute approximate surface area is 113 Å². The lowest BCUT2D eigenvalue weighted by Gasteiger charge is -2.22. The summed E-state index contributed by atoms with van der Waals surface area (Å²) in [6.45, 7) is 8.55. The fourth-order valence-electron chi connectivity index (χ4n) is 1.51. The summed E-state index contributed by atoms with van der Waals surface area (Å²) < 4.78 is 11.8. The van der Waals surface area contributed by atoms with Crippen LogP contribution in [0.5, 0.6) is 0 Å². The van der Waals surface area contributed by atoms with Gasteiger partial charge in [-0.15, -0.1) is 0 Å². The van der Waals surface area contributed by atoms with Crippen LogP contribution >= 0.6 is 0 Å². The Hall–Kier alpha value is -0.483. The van der Waals surface area contributed by atoms with Crippen molar-refractivity contribution in [2.45, 2.75) is 58.4 Å². The normalized spacial score (nSPS) is 12.4. The second-order valence-corrected chi connectivity index (χ2v) is 7.10. The summed E-state index contributed by atoms with van der Waals surface area (Å²) in [5, 5.41) is 0. The van der Waals surface area contributed by atoms with Crippen molar-refractivity contribution >= 4 is 15.4 Å². The highest BCUT2D eigenvalue weighted by molar-refractivity contribution is 6.46. The monoisotopic (exact) mass is 273 g/mol. The summed E-state index contributed by atoms with van der Waals surface area (Å²) in [5.74, 6) is 0. The van der Waals surface area contributed by atoms with Crippen LogP contribution in [0.4, 0.5) is 0 Å².